The predicted octanol–water partition coefficient (Wildman–Crippen LogP) is 7.69. The number of hydrogen-bond acceptors (Lipinski definition) is 8. The lowest BCUT2D eigenvalue weighted by atomic mass is 10.0. The van der Waals surface area contributed by atoms with Gasteiger partial charge in [0.2, 0.25) is 0 Å². The Balaban J connectivity index is 1.13. The van der Waals surface area contributed by atoms with Crippen molar-refractivity contribution in [2.75, 3.05) is 14.2 Å². The van der Waals surface area contributed by atoms with Crippen molar-refractivity contribution >= 4 is 0 Å². The number of nitrogens with zero attached hydrogens (tertiary/aromatic N) is 8. The molecule has 0 unspecified atom stereocenters. The Kier molecular flexibility index (Phi) is 8.95. The number of hydrogen-bond donors (Lipinski definition) is 0. The van der Waals surface area contributed by atoms with Gasteiger partial charge in [0, 0.05) is 16.7 Å². The molecule has 11 nitrogen and oxygen atoms in total. The molecule has 8 aromatic rings. The zero-order valence-electron chi connectivity index (χ0n) is 28.6. The van der Waals surface area contributed by atoms with E-state index in [1.54, 1.807) is 23.6 Å². The molecule has 3 aromatic heterocycles. The molecule has 256 valence electrons. The predicted molar refractivity (Wildman–Crippen MR) is 198 cm³/mol. The largest absolute Gasteiger partial charge is 0.494 e. The maximum atomic E-state index is 6.14. The second-order valence-electron chi connectivity index (χ2n) is 11.9. The van der Waals surface area contributed by atoms with Crippen LogP contribution in [0.3, 0.4) is 0 Å². The van der Waals surface area contributed by atoms with Crippen LogP contribution in [0.5, 0.6) is 17.2 Å². The van der Waals surface area contributed by atoms with E-state index in [0.29, 0.717) is 29.5 Å². The van der Waals surface area contributed by atoms with E-state index in [9.17, 15) is 0 Å². The molecule has 0 radical (unpaired) electrons. The Labute approximate surface area is 300 Å². The van der Waals surface area contributed by atoms with Crippen molar-refractivity contribution in [3.05, 3.63) is 157 Å². The SMILES string of the molecule is COc1ccccc1-n1cc(COc2ccc(-c3nc(-c4ccccc4)c(-c4ccccc4)n3Cc3cn(-c4ccccc4OC)nn3)cc2)nn1. The molecule has 0 amide bonds. The van der Waals surface area contributed by atoms with Crippen molar-refractivity contribution in [3.63, 3.8) is 0 Å². The van der Waals surface area contributed by atoms with Crippen LogP contribution in [-0.4, -0.2) is 53.8 Å². The summed E-state index contributed by atoms with van der Waals surface area (Å²) in [5.41, 5.74) is 7.89. The monoisotopic (exact) mass is 686 g/mol. The third-order valence-electron chi connectivity index (χ3n) is 8.63. The van der Waals surface area contributed by atoms with E-state index in [1.165, 1.54) is 0 Å². The zero-order chi connectivity index (χ0) is 35.3. The summed E-state index contributed by atoms with van der Waals surface area (Å²) in [6.07, 6.45) is 3.77. The Morgan fingerprint density at radius 2 is 1.08 bits per heavy atom. The number of rotatable bonds is 12. The Morgan fingerprint density at radius 1 is 0.538 bits per heavy atom. The molecule has 0 aliphatic carbocycles. The van der Waals surface area contributed by atoms with Crippen molar-refractivity contribution in [2.24, 2.45) is 0 Å². The van der Waals surface area contributed by atoms with Gasteiger partial charge in [-0.05, 0) is 48.5 Å². The Bertz CT molecular complexity index is 2420. The van der Waals surface area contributed by atoms with Gasteiger partial charge in [-0.3, -0.25) is 0 Å². The molecular formula is C41H34N8O3. The summed E-state index contributed by atoms with van der Waals surface area (Å²) in [7, 11) is 3.28. The van der Waals surface area contributed by atoms with Gasteiger partial charge in [0.25, 0.3) is 0 Å². The number of methoxy groups -OCH3 is 2. The average molecular weight is 687 g/mol. The minimum Gasteiger partial charge on any atom is -0.494 e. The van der Waals surface area contributed by atoms with E-state index in [2.05, 4.69) is 49.5 Å². The highest BCUT2D eigenvalue weighted by molar-refractivity contribution is 5.82. The van der Waals surface area contributed by atoms with Crippen LogP contribution in [0.1, 0.15) is 11.4 Å². The molecule has 52 heavy (non-hydrogen) atoms. The first-order valence-corrected chi connectivity index (χ1v) is 16.7. The van der Waals surface area contributed by atoms with Gasteiger partial charge in [-0.15, -0.1) is 10.2 Å². The minimum atomic E-state index is 0.251. The summed E-state index contributed by atoms with van der Waals surface area (Å²) in [6.45, 7) is 0.677. The van der Waals surface area contributed by atoms with Crippen LogP contribution in [-0.2, 0) is 13.2 Å². The van der Waals surface area contributed by atoms with Crippen molar-refractivity contribution in [2.45, 2.75) is 13.2 Å². The molecule has 11 heteroatoms. The van der Waals surface area contributed by atoms with Gasteiger partial charge in [-0.25, -0.2) is 14.3 Å². The lowest BCUT2D eigenvalue weighted by Gasteiger charge is -2.13. The maximum Gasteiger partial charge on any atom is 0.144 e. The van der Waals surface area contributed by atoms with Gasteiger partial charge < -0.3 is 18.8 Å². The van der Waals surface area contributed by atoms with Gasteiger partial charge in [-0.1, -0.05) is 95.4 Å². The van der Waals surface area contributed by atoms with E-state index < -0.39 is 0 Å². The molecule has 0 saturated heterocycles. The Hall–Kier alpha value is -7.01. The molecule has 0 saturated carbocycles. The number of para-hydroxylation sites is 4. The second-order valence-corrected chi connectivity index (χ2v) is 11.9. The fraction of sp³-hybridized carbons (Fsp3) is 0.0976. The highest BCUT2D eigenvalue weighted by Crippen LogP contribution is 2.37. The second kappa shape index (κ2) is 14.5. The molecular weight excluding hydrogens is 653 g/mol. The molecule has 0 N–H and O–H groups in total. The highest BCUT2D eigenvalue weighted by atomic mass is 16.5. The van der Waals surface area contributed by atoms with E-state index in [0.717, 1.165) is 51.0 Å². The van der Waals surface area contributed by atoms with Crippen molar-refractivity contribution in [1.82, 2.24) is 39.5 Å². The summed E-state index contributed by atoms with van der Waals surface area (Å²) >= 11 is 0. The van der Waals surface area contributed by atoms with Crippen LogP contribution < -0.4 is 14.2 Å². The van der Waals surface area contributed by atoms with Crippen LogP contribution in [0.15, 0.2) is 146 Å². The molecule has 5 aromatic carbocycles. The van der Waals surface area contributed by atoms with Crippen molar-refractivity contribution < 1.29 is 14.2 Å². The van der Waals surface area contributed by atoms with Gasteiger partial charge >= 0.3 is 0 Å². The van der Waals surface area contributed by atoms with Crippen molar-refractivity contribution in [1.29, 1.82) is 0 Å². The zero-order valence-corrected chi connectivity index (χ0v) is 28.6. The molecule has 0 aliphatic heterocycles. The first-order valence-electron chi connectivity index (χ1n) is 16.7. The maximum absolute atomic E-state index is 6.14. The first kappa shape index (κ1) is 32.2. The molecule has 0 aliphatic rings. The number of ether oxygens (including phenoxy) is 3. The van der Waals surface area contributed by atoms with E-state index >= 15 is 0 Å². The molecule has 0 fully saturated rings. The lowest BCUT2D eigenvalue weighted by molar-refractivity contribution is 0.301. The van der Waals surface area contributed by atoms with Gasteiger partial charge in [-0.2, -0.15) is 0 Å². The smallest absolute Gasteiger partial charge is 0.144 e. The van der Waals surface area contributed by atoms with Gasteiger partial charge in [0.15, 0.2) is 0 Å². The third-order valence-corrected chi connectivity index (χ3v) is 8.63. The van der Waals surface area contributed by atoms with Gasteiger partial charge in [0.05, 0.1) is 44.5 Å². The number of aromatic nitrogens is 8. The van der Waals surface area contributed by atoms with Crippen LogP contribution in [0.25, 0.3) is 45.3 Å². The molecule has 0 bridgehead atoms. The molecule has 3 heterocycles. The summed E-state index contributed by atoms with van der Waals surface area (Å²) in [5.74, 6) is 2.90. The van der Waals surface area contributed by atoms with Crippen molar-refractivity contribution in [3.8, 4) is 62.5 Å². The van der Waals surface area contributed by atoms with E-state index in [4.69, 9.17) is 19.2 Å². The fourth-order valence-electron chi connectivity index (χ4n) is 6.14. The standard InChI is InChI=1S/C41H34N8O3/c1-50-37-19-11-9-17-35(37)48-26-32(43-45-48)25-47-40(30-15-7-4-8-16-30)39(29-13-5-3-6-14-29)42-41(47)31-21-23-34(24-22-31)52-28-33-27-49(46-44-33)36-18-10-12-20-38(36)51-2/h3-24,26-27H,25,28H2,1-2H3. The van der Waals surface area contributed by atoms with Crippen LogP contribution in [0.4, 0.5) is 0 Å². The quantitative estimate of drug-likeness (QED) is 0.129. The van der Waals surface area contributed by atoms with Crippen LogP contribution in [0.2, 0.25) is 0 Å². The number of imidazole rings is 1. The van der Waals surface area contributed by atoms with E-state index in [-0.39, 0.29) is 6.61 Å². The summed E-state index contributed by atoms with van der Waals surface area (Å²) < 4.78 is 22.8. The van der Waals surface area contributed by atoms with Crippen LogP contribution in [0, 0.1) is 0 Å². The minimum absolute atomic E-state index is 0.251. The topological polar surface area (TPSA) is 107 Å². The highest BCUT2D eigenvalue weighted by Gasteiger charge is 2.23. The first-order chi connectivity index (χ1) is 25.7. The van der Waals surface area contributed by atoms with Gasteiger partial charge in [0.1, 0.15) is 52.4 Å². The van der Waals surface area contributed by atoms with Crippen LogP contribution >= 0.6 is 0 Å². The fourth-order valence-corrected chi connectivity index (χ4v) is 6.14. The molecule has 8 rings (SSSR count). The Morgan fingerprint density at radius 3 is 1.69 bits per heavy atom. The third kappa shape index (κ3) is 6.50. The average Bonchev–Trinajstić information content (AvgIpc) is 3.98. The lowest BCUT2D eigenvalue weighted by Crippen LogP contribution is -2.05. The number of benzene rings is 5. The molecule has 0 spiro atoms. The normalized spacial score (nSPS) is 11.0. The summed E-state index contributed by atoms with van der Waals surface area (Å²) in [4.78, 5) is 5.30. The molecule has 0 atom stereocenters. The summed E-state index contributed by atoms with van der Waals surface area (Å²) in [6, 6.07) is 43.9. The summed E-state index contributed by atoms with van der Waals surface area (Å²) in [5, 5.41) is 17.6. The van der Waals surface area contributed by atoms with E-state index in [1.807, 2.05) is 122 Å².